The quantitative estimate of drug-likeness (QED) is 0.740. The molecule has 134 valence electrons. The number of benzene rings is 1. The number of nitrogens with zero attached hydrogens (tertiary/aromatic N) is 3. The maximum atomic E-state index is 13.2. The molecule has 0 aliphatic carbocycles. The lowest BCUT2D eigenvalue weighted by atomic mass is 10.2. The highest BCUT2D eigenvalue weighted by Gasteiger charge is 2.18. The molecule has 8 heteroatoms. The van der Waals surface area contributed by atoms with E-state index in [2.05, 4.69) is 20.6 Å². The fraction of sp³-hybridized carbons (Fsp3) is 0.412. The van der Waals surface area contributed by atoms with Crippen molar-refractivity contribution >= 4 is 5.91 Å². The van der Waals surface area contributed by atoms with Gasteiger partial charge in [0.05, 0.1) is 11.9 Å². The van der Waals surface area contributed by atoms with Crippen molar-refractivity contribution in [2.24, 2.45) is 0 Å². The van der Waals surface area contributed by atoms with Crippen LogP contribution in [-0.4, -0.2) is 65.0 Å². The van der Waals surface area contributed by atoms with Crippen molar-refractivity contribution in [3.63, 3.8) is 0 Å². The van der Waals surface area contributed by atoms with Gasteiger partial charge in [0.15, 0.2) is 11.4 Å². The van der Waals surface area contributed by atoms with Crippen LogP contribution in [0.3, 0.4) is 0 Å². The first-order valence-corrected chi connectivity index (χ1v) is 8.31. The zero-order chi connectivity index (χ0) is 17.8. The largest absolute Gasteiger partial charge is 0.504 e. The van der Waals surface area contributed by atoms with Crippen molar-refractivity contribution < 1.29 is 14.3 Å². The lowest BCUT2D eigenvalue weighted by molar-refractivity contribution is 0.0939. The molecule has 0 atom stereocenters. The fourth-order valence-electron chi connectivity index (χ4n) is 2.87. The summed E-state index contributed by atoms with van der Waals surface area (Å²) < 4.78 is 14.6. The number of rotatable bonds is 5. The fourth-order valence-corrected chi connectivity index (χ4v) is 2.87. The first-order valence-electron chi connectivity index (χ1n) is 8.31. The molecule has 0 spiro atoms. The van der Waals surface area contributed by atoms with Crippen LogP contribution < -0.4 is 10.6 Å². The Morgan fingerprint density at radius 2 is 2.16 bits per heavy atom. The minimum Gasteiger partial charge on any atom is -0.504 e. The summed E-state index contributed by atoms with van der Waals surface area (Å²) in [5, 5.41) is 20.2. The van der Waals surface area contributed by atoms with Gasteiger partial charge < -0.3 is 15.7 Å². The standard InChI is InChI=1S/C17H22FN5O2/c1-12-10-13(18)2-3-14(12)23-11-15(24)16(21-23)17(25)20-6-9-22-7-4-19-5-8-22/h2-3,10-11,19,24H,4-9H2,1H3,(H,20,25). The van der Waals surface area contributed by atoms with Crippen molar-refractivity contribution in [2.45, 2.75) is 6.92 Å². The van der Waals surface area contributed by atoms with Gasteiger partial charge in [-0.3, -0.25) is 9.69 Å². The van der Waals surface area contributed by atoms with Gasteiger partial charge in [-0.1, -0.05) is 0 Å². The Kier molecular flexibility index (Phi) is 5.30. The van der Waals surface area contributed by atoms with E-state index in [0.29, 0.717) is 17.8 Å². The second-order valence-electron chi connectivity index (χ2n) is 6.09. The zero-order valence-electron chi connectivity index (χ0n) is 14.1. The zero-order valence-corrected chi connectivity index (χ0v) is 14.1. The van der Waals surface area contributed by atoms with Gasteiger partial charge >= 0.3 is 0 Å². The van der Waals surface area contributed by atoms with E-state index < -0.39 is 5.91 Å². The summed E-state index contributed by atoms with van der Waals surface area (Å²) in [6.07, 6.45) is 1.35. The number of piperazine rings is 1. The van der Waals surface area contributed by atoms with Crippen molar-refractivity contribution in [1.29, 1.82) is 0 Å². The molecular formula is C17H22FN5O2. The summed E-state index contributed by atoms with van der Waals surface area (Å²) in [5.74, 6) is -0.974. The van der Waals surface area contributed by atoms with Crippen LogP contribution in [0.25, 0.3) is 5.69 Å². The molecule has 0 saturated carbocycles. The Hall–Kier alpha value is -2.45. The van der Waals surface area contributed by atoms with Gasteiger partial charge in [-0.2, -0.15) is 5.10 Å². The Morgan fingerprint density at radius 3 is 2.88 bits per heavy atom. The lowest BCUT2D eigenvalue weighted by Gasteiger charge is -2.26. The van der Waals surface area contributed by atoms with Gasteiger partial charge in [0.25, 0.3) is 5.91 Å². The van der Waals surface area contributed by atoms with E-state index in [4.69, 9.17) is 0 Å². The predicted octanol–water partition coefficient (Wildman–Crippen LogP) is 0.660. The molecule has 0 bridgehead atoms. The highest BCUT2D eigenvalue weighted by molar-refractivity contribution is 5.94. The van der Waals surface area contributed by atoms with Gasteiger partial charge in [-0.05, 0) is 30.7 Å². The smallest absolute Gasteiger partial charge is 0.275 e. The maximum Gasteiger partial charge on any atom is 0.275 e. The Morgan fingerprint density at radius 1 is 1.40 bits per heavy atom. The van der Waals surface area contributed by atoms with Crippen LogP contribution in [0, 0.1) is 12.7 Å². The number of aryl methyl sites for hydroxylation is 1. The first kappa shape index (κ1) is 17.4. The van der Waals surface area contributed by atoms with Crippen LogP contribution in [0.15, 0.2) is 24.4 Å². The van der Waals surface area contributed by atoms with Crippen LogP contribution in [0.5, 0.6) is 5.75 Å². The number of aromatic hydroxyl groups is 1. The van der Waals surface area contributed by atoms with Crippen molar-refractivity contribution in [1.82, 2.24) is 25.3 Å². The molecule has 1 aromatic carbocycles. The lowest BCUT2D eigenvalue weighted by Crippen LogP contribution is -2.46. The average molecular weight is 347 g/mol. The summed E-state index contributed by atoms with van der Waals surface area (Å²) >= 11 is 0. The number of amides is 1. The second kappa shape index (κ2) is 7.62. The summed E-state index contributed by atoms with van der Waals surface area (Å²) in [5.41, 5.74) is 1.23. The third kappa shape index (κ3) is 4.15. The number of hydrogen-bond donors (Lipinski definition) is 3. The number of halogens is 1. The number of aromatic nitrogens is 2. The second-order valence-corrected chi connectivity index (χ2v) is 6.09. The minimum atomic E-state index is -0.425. The topological polar surface area (TPSA) is 82.4 Å². The molecule has 1 fully saturated rings. The molecule has 25 heavy (non-hydrogen) atoms. The van der Waals surface area contributed by atoms with E-state index in [9.17, 15) is 14.3 Å². The first-order chi connectivity index (χ1) is 12.0. The molecule has 1 aromatic heterocycles. The number of hydrogen-bond acceptors (Lipinski definition) is 5. The van der Waals surface area contributed by atoms with E-state index in [0.717, 1.165) is 32.7 Å². The molecule has 0 unspecified atom stereocenters. The normalized spacial score (nSPS) is 15.3. The van der Waals surface area contributed by atoms with Gasteiger partial charge in [0.2, 0.25) is 0 Å². The Bertz CT molecular complexity index is 755. The van der Waals surface area contributed by atoms with E-state index in [1.807, 2.05) is 0 Å². The van der Waals surface area contributed by atoms with E-state index in [-0.39, 0.29) is 17.3 Å². The van der Waals surface area contributed by atoms with Crippen molar-refractivity contribution in [3.8, 4) is 11.4 Å². The molecule has 7 nitrogen and oxygen atoms in total. The molecular weight excluding hydrogens is 325 g/mol. The minimum absolute atomic E-state index is 0.0379. The molecule has 3 N–H and O–H groups in total. The SMILES string of the molecule is Cc1cc(F)ccc1-n1cc(O)c(C(=O)NCCN2CCNCC2)n1. The highest BCUT2D eigenvalue weighted by atomic mass is 19.1. The van der Waals surface area contributed by atoms with Gasteiger partial charge in [-0.25, -0.2) is 9.07 Å². The van der Waals surface area contributed by atoms with Gasteiger partial charge in [0.1, 0.15) is 5.82 Å². The molecule has 1 aliphatic heterocycles. The van der Waals surface area contributed by atoms with Crippen molar-refractivity contribution in [3.05, 3.63) is 41.5 Å². The summed E-state index contributed by atoms with van der Waals surface area (Å²) in [7, 11) is 0. The van der Waals surface area contributed by atoms with E-state index in [1.165, 1.54) is 23.0 Å². The summed E-state index contributed by atoms with van der Waals surface area (Å²) in [6.45, 7) is 6.81. The van der Waals surface area contributed by atoms with Gasteiger partial charge in [0, 0.05) is 39.3 Å². The predicted molar refractivity (Wildman–Crippen MR) is 91.6 cm³/mol. The molecule has 1 saturated heterocycles. The van der Waals surface area contributed by atoms with Crippen LogP contribution in [0.4, 0.5) is 4.39 Å². The summed E-state index contributed by atoms with van der Waals surface area (Å²) in [4.78, 5) is 14.5. The summed E-state index contributed by atoms with van der Waals surface area (Å²) in [6, 6.07) is 4.25. The maximum absolute atomic E-state index is 13.2. The van der Waals surface area contributed by atoms with Gasteiger partial charge in [-0.15, -0.1) is 0 Å². The monoisotopic (exact) mass is 347 g/mol. The number of carbonyl (C=O) groups is 1. The van der Waals surface area contributed by atoms with Crippen molar-refractivity contribution in [2.75, 3.05) is 39.3 Å². The molecule has 3 rings (SSSR count). The molecule has 1 amide bonds. The molecule has 0 radical (unpaired) electrons. The van der Waals surface area contributed by atoms with E-state index in [1.54, 1.807) is 13.0 Å². The number of nitrogens with one attached hydrogen (secondary N) is 2. The van der Waals surface area contributed by atoms with E-state index >= 15 is 0 Å². The average Bonchev–Trinajstić information content (AvgIpc) is 2.97. The Balaban J connectivity index is 1.64. The van der Waals surface area contributed by atoms with Crippen LogP contribution in [0.2, 0.25) is 0 Å². The van der Waals surface area contributed by atoms with Crippen LogP contribution in [0.1, 0.15) is 16.1 Å². The highest BCUT2D eigenvalue weighted by Crippen LogP contribution is 2.20. The molecule has 2 heterocycles. The number of carbonyl (C=O) groups excluding carboxylic acids is 1. The Labute approximate surface area is 145 Å². The van der Waals surface area contributed by atoms with Crippen LogP contribution >= 0.6 is 0 Å². The third-order valence-electron chi connectivity index (χ3n) is 4.24. The molecule has 1 aliphatic rings. The third-order valence-corrected chi connectivity index (χ3v) is 4.24. The molecule has 2 aromatic rings. The van der Waals surface area contributed by atoms with Crippen LogP contribution in [-0.2, 0) is 0 Å².